The van der Waals surface area contributed by atoms with Crippen LogP contribution < -0.4 is 10.6 Å². The van der Waals surface area contributed by atoms with E-state index >= 15 is 0 Å². The highest BCUT2D eigenvalue weighted by atomic mass is 16.2. The van der Waals surface area contributed by atoms with Crippen molar-refractivity contribution in [3.8, 4) is 11.3 Å². The van der Waals surface area contributed by atoms with Gasteiger partial charge in [-0.3, -0.25) is 4.79 Å². The van der Waals surface area contributed by atoms with Crippen molar-refractivity contribution in [2.75, 3.05) is 12.4 Å². The molecule has 0 spiro atoms. The van der Waals surface area contributed by atoms with Crippen LogP contribution in [0.1, 0.15) is 25.5 Å². The van der Waals surface area contributed by atoms with Crippen molar-refractivity contribution in [3.63, 3.8) is 0 Å². The van der Waals surface area contributed by atoms with E-state index in [9.17, 15) is 4.79 Å². The third-order valence-electron chi connectivity index (χ3n) is 4.03. The smallest absolute Gasteiger partial charge is 0.246 e. The molecule has 1 aromatic heterocycles. The summed E-state index contributed by atoms with van der Waals surface area (Å²) >= 11 is 0. The molecular formula is C21H26N4O. The van der Waals surface area contributed by atoms with Gasteiger partial charge in [-0.25, -0.2) is 0 Å². The maximum absolute atomic E-state index is 12.6. The quantitative estimate of drug-likeness (QED) is 0.709. The van der Waals surface area contributed by atoms with Crippen molar-refractivity contribution in [2.45, 2.75) is 32.7 Å². The van der Waals surface area contributed by atoms with E-state index in [0.717, 1.165) is 41.1 Å². The summed E-state index contributed by atoms with van der Waals surface area (Å²) in [7, 11) is 1.77. The molecule has 1 atom stereocenters. The number of rotatable bonds is 8. The zero-order valence-electron chi connectivity index (χ0n) is 15.6. The lowest BCUT2D eigenvalue weighted by atomic mass is 10.0. The van der Waals surface area contributed by atoms with Gasteiger partial charge in [-0.05, 0) is 50.2 Å². The minimum atomic E-state index is -0.429. The van der Waals surface area contributed by atoms with E-state index in [1.807, 2.05) is 49.4 Å². The molecule has 0 saturated carbocycles. The summed E-state index contributed by atoms with van der Waals surface area (Å²) in [5.74, 6) is -0.113. The number of benzene rings is 1. The van der Waals surface area contributed by atoms with Crippen LogP contribution in [-0.4, -0.2) is 29.2 Å². The number of unbranched alkanes of at least 4 members (excludes halogenated alkanes) is 1. The van der Waals surface area contributed by atoms with E-state index in [0.29, 0.717) is 0 Å². The van der Waals surface area contributed by atoms with Crippen LogP contribution in [0.2, 0.25) is 0 Å². The SMILES string of the molecule is C=C/C(=C\CCC)C(NC)C(=O)Nc1ccc(-c2ccc(C)nn2)cc1. The molecule has 1 amide bonds. The van der Waals surface area contributed by atoms with E-state index in [2.05, 4.69) is 34.3 Å². The molecule has 5 nitrogen and oxygen atoms in total. The molecule has 0 saturated heterocycles. The summed E-state index contributed by atoms with van der Waals surface area (Å²) in [4.78, 5) is 12.6. The van der Waals surface area contributed by atoms with E-state index in [-0.39, 0.29) is 5.91 Å². The van der Waals surface area contributed by atoms with Gasteiger partial charge >= 0.3 is 0 Å². The van der Waals surface area contributed by atoms with Gasteiger partial charge in [0.1, 0.15) is 6.04 Å². The molecule has 0 bridgehead atoms. The summed E-state index contributed by atoms with van der Waals surface area (Å²) in [6, 6.07) is 11.0. The number of hydrogen-bond donors (Lipinski definition) is 2. The second-order valence-corrected chi connectivity index (χ2v) is 6.05. The summed E-state index contributed by atoms with van der Waals surface area (Å²) in [5.41, 5.74) is 4.26. The molecule has 0 aliphatic rings. The van der Waals surface area contributed by atoms with Crippen LogP contribution in [0.15, 0.2) is 60.7 Å². The molecule has 2 N–H and O–H groups in total. The molecule has 1 aromatic carbocycles. The molecule has 26 heavy (non-hydrogen) atoms. The van der Waals surface area contributed by atoms with Crippen molar-refractivity contribution in [1.29, 1.82) is 0 Å². The van der Waals surface area contributed by atoms with Gasteiger partial charge in [0.2, 0.25) is 5.91 Å². The van der Waals surface area contributed by atoms with Crippen molar-refractivity contribution in [2.24, 2.45) is 0 Å². The van der Waals surface area contributed by atoms with E-state index in [1.165, 1.54) is 0 Å². The molecule has 2 aromatic rings. The van der Waals surface area contributed by atoms with E-state index in [4.69, 9.17) is 0 Å². The maximum Gasteiger partial charge on any atom is 0.246 e. The number of aryl methyl sites for hydroxylation is 1. The van der Waals surface area contributed by atoms with Crippen molar-refractivity contribution in [1.82, 2.24) is 15.5 Å². The first-order chi connectivity index (χ1) is 12.6. The van der Waals surface area contributed by atoms with E-state index in [1.54, 1.807) is 13.1 Å². The Hall–Kier alpha value is -2.79. The highest BCUT2D eigenvalue weighted by molar-refractivity contribution is 5.97. The van der Waals surface area contributed by atoms with Gasteiger partial charge in [0.25, 0.3) is 0 Å². The molecule has 5 heteroatoms. The molecule has 1 unspecified atom stereocenters. The summed E-state index contributed by atoms with van der Waals surface area (Å²) in [6.07, 6.45) is 5.72. The van der Waals surface area contributed by atoms with Crippen LogP contribution in [-0.2, 0) is 4.79 Å². The highest BCUT2D eigenvalue weighted by Crippen LogP contribution is 2.19. The Kier molecular flexibility index (Phi) is 7.24. The van der Waals surface area contributed by atoms with Crippen molar-refractivity contribution >= 4 is 11.6 Å². The molecule has 0 radical (unpaired) electrons. The number of allylic oxidation sites excluding steroid dienone is 1. The molecule has 0 aliphatic carbocycles. The molecule has 0 fully saturated rings. The van der Waals surface area contributed by atoms with Gasteiger partial charge in [-0.15, -0.1) is 0 Å². The van der Waals surface area contributed by atoms with Gasteiger partial charge in [0, 0.05) is 11.3 Å². The largest absolute Gasteiger partial charge is 0.324 e. The topological polar surface area (TPSA) is 66.9 Å². The fourth-order valence-corrected chi connectivity index (χ4v) is 2.57. The molecule has 1 heterocycles. The van der Waals surface area contributed by atoms with Crippen LogP contribution in [0.4, 0.5) is 5.69 Å². The predicted octanol–water partition coefficient (Wildman–Crippen LogP) is 3.89. The lowest BCUT2D eigenvalue weighted by Crippen LogP contribution is -2.39. The van der Waals surface area contributed by atoms with E-state index < -0.39 is 6.04 Å². The Labute approximate surface area is 155 Å². The fraction of sp³-hybridized carbons (Fsp3) is 0.286. The van der Waals surface area contributed by atoms with Crippen LogP contribution >= 0.6 is 0 Å². The van der Waals surface area contributed by atoms with Crippen molar-refractivity contribution < 1.29 is 4.79 Å². The fourth-order valence-electron chi connectivity index (χ4n) is 2.57. The first-order valence-electron chi connectivity index (χ1n) is 8.80. The number of nitrogens with zero attached hydrogens (tertiary/aromatic N) is 2. The Morgan fingerprint density at radius 1 is 1.19 bits per heavy atom. The zero-order valence-corrected chi connectivity index (χ0v) is 15.6. The Balaban J connectivity index is 2.10. The summed E-state index contributed by atoms with van der Waals surface area (Å²) in [6.45, 7) is 7.83. The monoisotopic (exact) mass is 350 g/mol. The second kappa shape index (κ2) is 9.63. The van der Waals surface area contributed by atoms with Gasteiger partial charge in [0.05, 0.1) is 11.4 Å². The second-order valence-electron chi connectivity index (χ2n) is 6.05. The number of carbonyl (C=O) groups is 1. The number of nitrogens with one attached hydrogen (secondary N) is 2. The first kappa shape index (κ1) is 19.5. The van der Waals surface area contributed by atoms with Crippen LogP contribution in [0.25, 0.3) is 11.3 Å². The first-order valence-corrected chi connectivity index (χ1v) is 8.80. The average molecular weight is 350 g/mol. The highest BCUT2D eigenvalue weighted by Gasteiger charge is 2.19. The number of carbonyl (C=O) groups excluding carboxylic acids is 1. The Bertz CT molecular complexity index is 764. The normalized spacial score (nSPS) is 12.5. The number of anilines is 1. The molecule has 2 rings (SSSR count). The lowest BCUT2D eigenvalue weighted by Gasteiger charge is -2.17. The third-order valence-corrected chi connectivity index (χ3v) is 4.03. The minimum Gasteiger partial charge on any atom is -0.324 e. The summed E-state index contributed by atoms with van der Waals surface area (Å²) in [5, 5.41) is 14.2. The Morgan fingerprint density at radius 3 is 2.46 bits per heavy atom. The van der Waals surface area contributed by atoms with Crippen LogP contribution in [0.5, 0.6) is 0 Å². The standard InChI is InChI=1S/C21H26N4O/c1-5-7-8-16(6-2)20(22-4)21(26)23-18-12-10-17(11-13-18)19-14-9-15(3)24-25-19/h6,8-14,20,22H,2,5,7H2,1,3-4H3,(H,23,26)/b16-8+. The van der Waals surface area contributed by atoms with Crippen molar-refractivity contribution in [3.05, 3.63) is 66.4 Å². The van der Waals surface area contributed by atoms with Gasteiger partial charge in [-0.2, -0.15) is 10.2 Å². The number of likely N-dealkylation sites (N-methyl/N-ethyl adjacent to an activating group) is 1. The average Bonchev–Trinajstić information content (AvgIpc) is 2.66. The Morgan fingerprint density at radius 2 is 1.92 bits per heavy atom. The lowest BCUT2D eigenvalue weighted by molar-refractivity contribution is -0.117. The van der Waals surface area contributed by atoms with Gasteiger partial charge < -0.3 is 10.6 Å². The van der Waals surface area contributed by atoms with Crippen LogP contribution in [0.3, 0.4) is 0 Å². The van der Waals surface area contributed by atoms with Crippen LogP contribution in [0, 0.1) is 6.92 Å². The summed E-state index contributed by atoms with van der Waals surface area (Å²) < 4.78 is 0. The van der Waals surface area contributed by atoms with Gasteiger partial charge in [-0.1, -0.05) is 44.2 Å². The molecule has 136 valence electrons. The number of hydrogen-bond acceptors (Lipinski definition) is 4. The number of amides is 1. The maximum atomic E-state index is 12.6. The van der Waals surface area contributed by atoms with Gasteiger partial charge in [0.15, 0.2) is 0 Å². The third kappa shape index (κ3) is 5.10. The predicted molar refractivity (Wildman–Crippen MR) is 107 cm³/mol. The minimum absolute atomic E-state index is 0.113. The zero-order chi connectivity index (χ0) is 18.9. The number of aromatic nitrogens is 2. The molecule has 0 aliphatic heterocycles. The molecular weight excluding hydrogens is 324 g/mol.